The van der Waals surface area contributed by atoms with E-state index in [0.717, 1.165) is 31.3 Å². The smallest absolute Gasteiger partial charge is 0.319 e. The lowest BCUT2D eigenvalue weighted by Crippen LogP contribution is -2.48. The van der Waals surface area contributed by atoms with Gasteiger partial charge in [0.15, 0.2) is 5.78 Å². The Morgan fingerprint density at radius 2 is 1.50 bits per heavy atom. The minimum Gasteiger partial charge on any atom is -0.468 e. The highest BCUT2D eigenvalue weighted by Gasteiger charge is 2.56. The maximum Gasteiger partial charge on any atom is 0.319 e. The van der Waals surface area contributed by atoms with Gasteiger partial charge in [-0.2, -0.15) is 0 Å². The van der Waals surface area contributed by atoms with Crippen molar-refractivity contribution in [3.8, 4) is 0 Å². The monoisotopic (exact) mass is 665 g/mol. The number of carbonyl (C=O) groups excluding carboxylic acids is 2. The first kappa shape index (κ1) is 38.8. The number of hydrogen-bond donors (Lipinski definition) is 0. The maximum absolute atomic E-state index is 13.0. The zero-order chi connectivity index (χ0) is 36.1. The van der Waals surface area contributed by atoms with Gasteiger partial charge in [-0.15, -0.1) is 0 Å². The summed E-state index contributed by atoms with van der Waals surface area (Å²) in [7, 11) is 1.37. The molecule has 0 amide bonds. The Hall–Kier alpha value is -1.98. The van der Waals surface area contributed by atoms with E-state index in [4.69, 9.17) is 14.2 Å². The quantitative estimate of drug-likeness (QED) is 0.132. The fraction of sp³-hybridized carbons (Fsp3) is 0.767. The van der Waals surface area contributed by atoms with Crippen molar-refractivity contribution >= 4 is 11.8 Å². The molecule has 4 rings (SSSR count). The molecule has 0 aromatic heterocycles. The molecule has 2 unspecified atom stereocenters. The maximum atomic E-state index is 13.0. The third-order valence-corrected chi connectivity index (χ3v) is 13.8. The van der Waals surface area contributed by atoms with E-state index in [1.165, 1.54) is 31.9 Å². The van der Waals surface area contributed by atoms with Crippen molar-refractivity contribution in [1.29, 1.82) is 0 Å². The molecule has 4 aliphatic carbocycles. The fourth-order valence-electron chi connectivity index (χ4n) is 8.31. The van der Waals surface area contributed by atoms with Crippen LogP contribution in [-0.4, -0.2) is 42.3 Å². The van der Waals surface area contributed by atoms with Gasteiger partial charge < -0.3 is 14.2 Å². The molecule has 0 spiro atoms. The average molecular weight is 665 g/mol. The second kappa shape index (κ2) is 13.6. The first-order chi connectivity index (χ1) is 22.0. The van der Waals surface area contributed by atoms with Crippen LogP contribution in [0, 0.1) is 39.4 Å². The number of allylic oxidation sites excluding steroid dienone is 5. The lowest BCUT2D eigenvalue weighted by atomic mass is 9.61. The normalized spacial score (nSPS) is 32.1. The summed E-state index contributed by atoms with van der Waals surface area (Å²) in [4.78, 5) is 25.2. The predicted molar refractivity (Wildman–Crippen MR) is 197 cm³/mol. The number of esters is 1. The molecule has 5 heteroatoms. The molecule has 4 fully saturated rings. The summed E-state index contributed by atoms with van der Waals surface area (Å²) in [5.41, 5.74) is 2.49. The van der Waals surface area contributed by atoms with Crippen molar-refractivity contribution in [2.45, 2.75) is 164 Å². The number of hydrogen-bond acceptors (Lipinski definition) is 5. The summed E-state index contributed by atoms with van der Waals surface area (Å²) in [6, 6.07) is 0. The number of carbonyl (C=O) groups is 2. The summed E-state index contributed by atoms with van der Waals surface area (Å²) in [5.74, 6) is 0.809. The molecule has 0 aromatic carbocycles. The Balaban J connectivity index is 1.56. The van der Waals surface area contributed by atoms with Crippen LogP contribution in [-0.2, 0) is 23.8 Å². The van der Waals surface area contributed by atoms with Crippen LogP contribution in [0.2, 0.25) is 0 Å². The molecule has 5 nitrogen and oxygen atoms in total. The van der Waals surface area contributed by atoms with Crippen LogP contribution < -0.4 is 0 Å². The lowest BCUT2D eigenvalue weighted by Gasteiger charge is -2.47. The van der Waals surface area contributed by atoms with Gasteiger partial charge in [0.25, 0.3) is 0 Å². The summed E-state index contributed by atoms with van der Waals surface area (Å²) in [6.07, 6.45) is 17.2. The van der Waals surface area contributed by atoms with Crippen LogP contribution in [0.4, 0.5) is 0 Å². The molecule has 0 aromatic rings. The van der Waals surface area contributed by atoms with E-state index in [-0.39, 0.29) is 57.3 Å². The number of fused-ring (bicyclic) bond motifs is 1. The zero-order valence-electron chi connectivity index (χ0n) is 32.8. The van der Waals surface area contributed by atoms with Gasteiger partial charge in [-0.05, 0) is 130 Å². The van der Waals surface area contributed by atoms with Crippen LogP contribution in [0.15, 0.2) is 47.6 Å². The minimum atomic E-state index is -0.927. The molecule has 0 aliphatic heterocycles. The Labute approximate surface area is 293 Å². The van der Waals surface area contributed by atoms with Gasteiger partial charge in [-0.25, -0.2) is 0 Å². The van der Waals surface area contributed by atoms with E-state index in [1.54, 1.807) is 11.6 Å². The summed E-state index contributed by atoms with van der Waals surface area (Å²) < 4.78 is 18.8. The summed E-state index contributed by atoms with van der Waals surface area (Å²) >= 11 is 0. The summed E-state index contributed by atoms with van der Waals surface area (Å²) in [5, 5.41) is 0. The third-order valence-electron chi connectivity index (χ3n) is 13.8. The minimum absolute atomic E-state index is 0.000190. The van der Waals surface area contributed by atoms with E-state index in [9.17, 15) is 9.59 Å². The van der Waals surface area contributed by atoms with Crippen molar-refractivity contribution in [3.63, 3.8) is 0 Å². The number of ether oxygens (including phenoxy) is 3. The molecule has 4 saturated carbocycles. The molecule has 4 aliphatic rings. The molecule has 0 heterocycles. The van der Waals surface area contributed by atoms with Crippen molar-refractivity contribution < 1.29 is 23.8 Å². The Morgan fingerprint density at radius 1 is 0.896 bits per heavy atom. The standard InChI is InChI=1S/C43H68O5/c1-28(17-22-36(44)43(24-25-43)37(45)46-14)33-20-21-34-30(16-15-23-42(33,34)13)18-19-31-26-32(47-40(9,10)38(3,4)5)27-35(29(31)2)48-41(11,12)39(6,7)8/h17-19,22,28,32-35H,2,15-16,20-21,23-27H2,1,3-14H3/b22-17+,30-18+,31-19+/t28-,32-,33?,34?,35+,42-/m1/s1. The van der Waals surface area contributed by atoms with E-state index in [1.807, 2.05) is 0 Å². The molecule has 270 valence electrons. The van der Waals surface area contributed by atoms with Crippen molar-refractivity contribution in [1.82, 2.24) is 0 Å². The first-order valence-corrected chi connectivity index (χ1v) is 18.7. The third kappa shape index (κ3) is 7.68. The highest BCUT2D eigenvalue weighted by molar-refractivity contribution is 6.11. The van der Waals surface area contributed by atoms with E-state index >= 15 is 0 Å². The highest BCUT2D eigenvalue weighted by atomic mass is 16.5. The highest BCUT2D eigenvalue weighted by Crippen LogP contribution is 2.60. The first-order valence-electron chi connectivity index (χ1n) is 18.7. The van der Waals surface area contributed by atoms with Crippen molar-refractivity contribution in [2.75, 3.05) is 7.11 Å². The predicted octanol–water partition coefficient (Wildman–Crippen LogP) is 10.5. The van der Waals surface area contributed by atoms with Crippen LogP contribution in [0.25, 0.3) is 0 Å². The van der Waals surface area contributed by atoms with Gasteiger partial charge in [0.2, 0.25) is 0 Å². The molecule has 0 radical (unpaired) electrons. The SMILES string of the molecule is C=C1/C(=C/C=C2\CCC[C@@]3(C)C2CCC3[C@H](C)/C=C/C(=O)C2(C(=O)OC)CC2)C[C@@H](OC(C)(C)C(C)(C)C)C[C@@H]1OC(C)(C)C(C)(C)C. The van der Waals surface area contributed by atoms with Gasteiger partial charge in [0, 0.05) is 6.42 Å². The van der Waals surface area contributed by atoms with Gasteiger partial charge in [0.05, 0.1) is 30.5 Å². The van der Waals surface area contributed by atoms with Crippen molar-refractivity contribution in [3.05, 3.63) is 47.6 Å². The largest absolute Gasteiger partial charge is 0.468 e. The van der Waals surface area contributed by atoms with Crippen molar-refractivity contribution in [2.24, 2.45) is 39.4 Å². The molecule has 0 bridgehead atoms. The van der Waals surface area contributed by atoms with Gasteiger partial charge in [-0.3, -0.25) is 9.59 Å². The topological polar surface area (TPSA) is 61.8 Å². The molecule has 0 saturated heterocycles. The fourth-order valence-corrected chi connectivity index (χ4v) is 8.31. The number of rotatable bonds is 10. The second-order valence-corrected chi connectivity index (χ2v) is 19.0. The van der Waals surface area contributed by atoms with Crippen LogP contribution in [0.3, 0.4) is 0 Å². The zero-order valence-corrected chi connectivity index (χ0v) is 32.8. The van der Waals surface area contributed by atoms with Crippen LogP contribution in [0.1, 0.15) is 141 Å². The Kier molecular flexibility index (Phi) is 11.0. The van der Waals surface area contributed by atoms with E-state index < -0.39 is 5.41 Å². The van der Waals surface area contributed by atoms with E-state index in [2.05, 4.69) is 108 Å². The van der Waals surface area contributed by atoms with Crippen LogP contribution in [0.5, 0.6) is 0 Å². The Morgan fingerprint density at radius 3 is 2.06 bits per heavy atom. The van der Waals surface area contributed by atoms with E-state index in [0.29, 0.717) is 24.7 Å². The second-order valence-electron chi connectivity index (χ2n) is 19.0. The van der Waals surface area contributed by atoms with Gasteiger partial charge >= 0.3 is 5.97 Å². The average Bonchev–Trinajstić information content (AvgIpc) is 3.70. The van der Waals surface area contributed by atoms with Gasteiger partial charge in [-0.1, -0.05) is 85.8 Å². The number of ketones is 1. The molecular formula is C43H68O5. The molecular weight excluding hydrogens is 596 g/mol. The molecule has 6 atom stereocenters. The summed E-state index contributed by atoms with van der Waals surface area (Å²) in [6.45, 7) is 31.7. The van der Waals surface area contributed by atoms with Gasteiger partial charge in [0.1, 0.15) is 5.41 Å². The lowest BCUT2D eigenvalue weighted by molar-refractivity contribution is -0.166. The Bertz CT molecular complexity index is 1320. The molecule has 0 N–H and O–H groups in total. The number of methoxy groups -OCH3 is 1. The molecule has 48 heavy (non-hydrogen) atoms. The van der Waals surface area contributed by atoms with Crippen LogP contribution >= 0.6 is 0 Å².